The van der Waals surface area contributed by atoms with E-state index in [9.17, 15) is 4.79 Å². The van der Waals surface area contributed by atoms with Gasteiger partial charge >= 0.3 is 0 Å². The number of thioether (sulfide) groups is 1. The number of hydrogen-bond acceptors (Lipinski definition) is 2. The van der Waals surface area contributed by atoms with Gasteiger partial charge in [0.05, 0.1) is 5.33 Å². The first-order valence-corrected chi connectivity index (χ1v) is 7.29. The van der Waals surface area contributed by atoms with Crippen LogP contribution in [0.1, 0.15) is 18.1 Å². The van der Waals surface area contributed by atoms with Crippen LogP contribution in [0.2, 0.25) is 0 Å². The number of benzene rings is 1. The molecule has 0 aliphatic heterocycles. The van der Waals surface area contributed by atoms with E-state index in [-0.39, 0.29) is 5.78 Å². The van der Waals surface area contributed by atoms with Gasteiger partial charge in [-0.05, 0) is 35.9 Å². The first-order chi connectivity index (χ1) is 7.21. The zero-order valence-electron chi connectivity index (χ0n) is 9.05. The Bertz CT molecular complexity index is 349. The number of rotatable bonds is 5. The summed E-state index contributed by atoms with van der Waals surface area (Å²) in [6.45, 7) is 2.13. The normalized spacial score (nSPS) is 10.3. The van der Waals surface area contributed by atoms with E-state index in [0.29, 0.717) is 11.8 Å². The molecule has 3 heteroatoms. The number of halogens is 1. The van der Waals surface area contributed by atoms with Crippen LogP contribution in [0, 0.1) is 0 Å². The fourth-order valence-electron chi connectivity index (χ4n) is 1.49. The Balaban J connectivity index is 2.92. The van der Waals surface area contributed by atoms with Crippen molar-refractivity contribution in [3.8, 4) is 0 Å². The summed E-state index contributed by atoms with van der Waals surface area (Å²) in [5, 5.41) is 0.445. The molecule has 1 aromatic carbocycles. The van der Waals surface area contributed by atoms with E-state index >= 15 is 0 Å². The van der Waals surface area contributed by atoms with Crippen LogP contribution in [0.5, 0.6) is 0 Å². The molecule has 0 bridgehead atoms. The summed E-state index contributed by atoms with van der Waals surface area (Å²) in [5.74, 6) is 0.238. The molecule has 82 valence electrons. The molecule has 0 N–H and O–H groups in total. The fraction of sp³-hybridized carbons (Fsp3) is 0.417. The zero-order chi connectivity index (χ0) is 11.3. The van der Waals surface area contributed by atoms with E-state index in [0.717, 1.165) is 6.42 Å². The van der Waals surface area contributed by atoms with Crippen LogP contribution >= 0.6 is 27.7 Å². The van der Waals surface area contributed by atoms with Crippen molar-refractivity contribution < 1.29 is 4.79 Å². The maximum atomic E-state index is 11.4. The van der Waals surface area contributed by atoms with Crippen LogP contribution in [0.25, 0.3) is 0 Å². The van der Waals surface area contributed by atoms with Crippen molar-refractivity contribution in [2.24, 2.45) is 0 Å². The van der Waals surface area contributed by atoms with Gasteiger partial charge in [-0.15, -0.1) is 11.8 Å². The minimum Gasteiger partial charge on any atom is -0.298 e. The highest BCUT2D eigenvalue weighted by Crippen LogP contribution is 2.20. The standard InChI is InChI=1S/C12H15BrOS/c1-3-9-7-12(15-2)5-4-10(9)6-11(14)8-13/h4-5,7H,3,6,8H2,1-2H3. The average Bonchev–Trinajstić information content (AvgIpc) is 2.29. The molecular weight excluding hydrogens is 272 g/mol. The van der Waals surface area contributed by atoms with Crippen molar-refractivity contribution in [3.63, 3.8) is 0 Å². The second-order valence-electron chi connectivity index (χ2n) is 3.34. The summed E-state index contributed by atoms with van der Waals surface area (Å²) in [6, 6.07) is 6.34. The molecule has 15 heavy (non-hydrogen) atoms. The van der Waals surface area contributed by atoms with Crippen LogP contribution in [-0.2, 0) is 17.6 Å². The summed E-state index contributed by atoms with van der Waals surface area (Å²) in [5.41, 5.74) is 2.45. The van der Waals surface area contributed by atoms with E-state index in [4.69, 9.17) is 0 Å². The SMILES string of the molecule is CCc1cc(SC)ccc1CC(=O)CBr. The van der Waals surface area contributed by atoms with Gasteiger partial charge in [0.1, 0.15) is 5.78 Å². The topological polar surface area (TPSA) is 17.1 Å². The highest BCUT2D eigenvalue weighted by molar-refractivity contribution is 9.09. The van der Waals surface area contributed by atoms with Gasteiger partial charge in [-0.3, -0.25) is 4.79 Å². The van der Waals surface area contributed by atoms with Crippen LogP contribution in [0.4, 0.5) is 0 Å². The highest BCUT2D eigenvalue weighted by Gasteiger charge is 2.06. The smallest absolute Gasteiger partial charge is 0.147 e. The Hall–Kier alpha value is -0.280. The third-order valence-electron chi connectivity index (χ3n) is 2.33. The molecule has 1 aromatic rings. The van der Waals surface area contributed by atoms with Crippen LogP contribution in [-0.4, -0.2) is 17.4 Å². The molecule has 0 heterocycles. The highest BCUT2D eigenvalue weighted by atomic mass is 79.9. The van der Waals surface area contributed by atoms with Crippen molar-refractivity contribution in [2.45, 2.75) is 24.7 Å². The lowest BCUT2D eigenvalue weighted by Crippen LogP contribution is -2.05. The minimum atomic E-state index is 0.238. The van der Waals surface area contributed by atoms with Crippen LogP contribution < -0.4 is 0 Å². The van der Waals surface area contributed by atoms with Crippen molar-refractivity contribution >= 4 is 33.5 Å². The van der Waals surface area contributed by atoms with Gasteiger partial charge in [0.2, 0.25) is 0 Å². The Morgan fingerprint density at radius 1 is 1.40 bits per heavy atom. The predicted molar refractivity (Wildman–Crippen MR) is 70.1 cm³/mol. The van der Waals surface area contributed by atoms with Crippen LogP contribution in [0.15, 0.2) is 23.1 Å². The average molecular weight is 287 g/mol. The molecule has 0 aliphatic rings. The molecule has 0 radical (unpaired) electrons. The quantitative estimate of drug-likeness (QED) is 0.609. The maximum absolute atomic E-state index is 11.4. The number of alkyl halides is 1. The van der Waals surface area contributed by atoms with Crippen molar-refractivity contribution in [2.75, 3.05) is 11.6 Å². The first kappa shape index (κ1) is 12.8. The van der Waals surface area contributed by atoms with Gasteiger partial charge in [-0.1, -0.05) is 28.9 Å². The molecule has 0 fully saturated rings. The fourth-order valence-corrected chi connectivity index (χ4v) is 2.15. The Morgan fingerprint density at radius 2 is 2.13 bits per heavy atom. The van der Waals surface area contributed by atoms with E-state index in [1.165, 1.54) is 16.0 Å². The minimum absolute atomic E-state index is 0.238. The number of Topliss-reactive ketones (excluding diaryl/α,β-unsaturated/α-hetero) is 1. The number of ketones is 1. The molecular formula is C12H15BrOS. The number of hydrogen-bond donors (Lipinski definition) is 0. The van der Waals surface area contributed by atoms with Crippen LogP contribution in [0.3, 0.4) is 0 Å². The number of aryl methyl sites for hydroxylation is 1. The van der Waals surface area contributed by atoms with E-state index < -0.39 is 0 Å². The van der Waals surface area contributed by atoms with Gasteiger partial charge in [-0.25, -0.2) is 0 Å². The molecule has 1 nitrogen and oxygen atoms in total. The second kappa shape index (κ2) is 6.33. The molecule has 0 aliphatic carbocycles. The number of carbonyl (C=O) groups excluding carboxylic acids is 1. The van der Waals surface area contributed by atoms with Gasteiger partial charge in [0.15, 0.2) is 0 Å². The summed E-state index contributed by atoms with van der Waals surface area (Å²) in [7, 11) is 0. The molecule has 1 rings (SSSR count). The first-order valence-electron chi connectivity index (χ1n) is 4.94. The molecule has 0 saturated carbocycles. The van der Waals surface area contributed by atoms with Gasteiger partial charge in [0, 0.05) is 11.3 Å². The monoisotopic (exact) mass is 286 g/mol. The summed E-state index contributed by atoms with van der Waals surface area (Å²) < 4.78 is 0. The van der Waals surface area contributed by atoms with Crippen molar-refractivity contribution in [3.05, 3.63) is 29.3 Å². The van der Waals surface area contributed by atoms with Gasteiger partial charge < -0.3 is 0 Å². The zero-order valence-corrected chi connectivity index (χ0v) is 11.5. The lowest BCUT2D eigenvalue weighted by atomic mass is 10.0. The second-order valence-corrected chi connectivity index (χ2v) is 4.78. The van der Waals surface area contributed by atoms with E-state index in [2.05, 4.69) is 47.3 Å². The third-order valence-corrected chi connectivity index (χ3v) is 3.68. The summed E-state index contributed by atoms with van der Waals surface area (Å²) in [6.07, 6.45) is 3.60. The number of carbonyl (C=O) groups is 1. The maximum Gasteiger partial charge on any atom is 0.147 e. The molecule has 0 unspecified atom stereocenters. The van der Waals surface area contributed by atoms with E-state index in [1.807, 2.05) is 0 Å². The molecule has 0 atom stereocenters. The van der Waals surface area contributed by atoms with E-state index in [1.54, 1.807) is 11.8 Å². The molecule has 0 aromatic heterocycles. The summed E-state index contributed by atoms with van der Waals surface area (Å²) >= 11 is 4.93. The van der Waals surface area contributed by atoms with Crippen molar-refractivity contribution in [1.29, 1.82) is 0 Å². The molecule has 0 amide bonds. The predicted octanol–water partition coefficient (Wildman–Crippen LogP) is 3.48. The Labute approximate surface area is 104 Å². The van der Waals surface area contributed by atoms with Crippen molar-refractivity contribution in [1.82, 2.24) is 0 Å². The lowest BCUT2D eigenvalue weighted by Gasteiger charge is -2.08. The third kappa shape index (κ3) is 3.65. The summed E-state index contributed by atoms with van der Waals surface area (Å²) in [4.78, 5) is 12.6. The van der Waals surface area contributed by atoms with Gasteiger partial charge in [0.25, 0.3) is 0 Å². The Morgan fingerprint density at radius 3 is 2.67 bits per heavy atom. The lowest BCUT2D eigenvalue weighted by molar-refractivity contribution is -0.115. The molecule has 0 saturated heterocycles. The van der Waals surface area contributed by atoms with Gasteiger partial charge in [-0.2, -0.15) is 0 Å². The largest absolute Gasteiger partial charge is 0.298 e. The molecule has 0 spiro atoms. The Kier molecular flexibility index (Phi) is 5.40.